The van der Waals surface area contributed by atoms with Gasteiger partial charge in [-0.15, -0.1) is 0 Å². The highest BCUT2D eigenvalue weighted by Crippen LogP contribution is 2.29. The molecule has 0 radical (unpaired) electrons. The molecule has 2 heterocycles. The molecule has 2 aromatic heterocycles. The van der Waals surface area contributed by atoms with Crippen molar-refractivity contribution in [3.63, 3.8) is 0 Å². The Morgan fingerprint density at radius 1 is 1.35 bits per heavy atom. The van der Waals surface area contributed by atoms with Gasteiger partial charge in [0.2, 0.25) is 5.91 Å². The summed E-state index contributed by atoms with van der Waals surface area (Å²) in [6, 6.07) is 7.05. The van der Waals surface area contributed by atoms with Gasteiger partial charge in [0.05, 0.1) is 23.1 Å². The number of nitrogens with zero attached hydrogens (tertiary/aromatic N) is 2. The lowest BCUT2D eigenvalue weighted by Crippen LogP contribution is -2.15. The van der Waals surface area contributed by atoms with Crippen LogP contribution in [0.5, 0.6) is 5.75 Å². The van der Waals surface area contributed by atoms with Gasteiger partial charge in [-0.2, -0.15) is 0 Å². The van der Waals surface area contributed by atoms with Crippen LogP contribution in [0.1, 0.15) is 19.0 Å². The first kappa shape index (κ1) is 18.4. The molecular formula is C17H18N4O3S2. The van der Waals surface area contributed by atoms with Gasteiger partial charge in [-0.1, -0.05) is 36.4 Å². The topological polar surface area (TPSA) is 97.0 Å². The fraction of sp³-hybridized carbons (Fsp3) is 0.294. The van der Waals surface area contributed by atoms with Crippen LogP contribution in [0.4, 0.5) is 5.13 Å². The van der Waals surface area contributed by atoms with Gasteiger partial charge in [0.1, 0.15) is 5.75 Å². The van der Waals surface area contributed by atoms with Crippen LogP contribution in [0.25, 0.3) is 10.2 Å². The maximum absolute atomic E-state index is 12.2. The molecule has 0 aliphatic carbocycles. The molecule has 0 aliphatic rings. The number of thiazole rings is 1. The minimum Gasteiger partial charge on any atom is -0.497 e. The lowest BCUT2D eigenvalue weighted by molar-refractivity contribution is -0.113. The summed E-state index contributed by atoms with van der Waals surface area (Å²) < 4.78 is 6.12. The lowest BCUT2D eigenvalue weighted by Gasteiger charge is -2.03. The Bertz CT molecular complexity index is 984. The number of aromatic amines is 1. The Morgan fingerprint density at radius 2 is 2.19 bits per heavy atom. The van der Waals surface area contributed by atoms with Crippen molar-refractivity contribution in [2.75, 3.05) is 18.2 Å². The molecule has 0 aliphatic heterocycles. The van der Waals surface area contributed by atoms with E-state index in [-0.39, 0.29) is 17.2 Å². The Balaban J connectivity index is 1.63. The summed E-state index contributed by atoms with van der Waals surface area (Å²) in [6.45, 7) is 2.02. The maximum atomic E-state index is 12.2. The number of H-pyrrole nitrogens is 1. The molecule has 3 aromatic rings. The molecule has 2 N–H and O–H groups in total. The van der Waals surface area contributed by atoms with E-state index in [0.29, 0.717) is 10.3 Å². The molecule has 9 heteroatoms. The molecule has 1 aromatic carbocycles. The number of methoxy groups -OCH3 is 1. The van der Waals surface area contributed by atoms with Crippen LogP contribution in [0.3, 0.4) is 0 Å². The fourth-order valence-electron chi connectivity index (χ4n) is 2.31. The number of thioether (sulfide) groups is 1. The molecule has 0 spiro atoms. The second-order valence-electron chi connectivity index (χ2n) is 5.48. The van der Waals surface area contributed by atoms with E-state index in [1.165, 1.54) is 29.2 Å². The maximum Gasteiger partial charge on any atom is 0.251 e. The second kappa shape index (κ2) is 8.33. The van der Waals surface area contributed by atoms with Crippen molar-refractivity contribution in [2.45, 2.75) is 24.9 Å². The summed E-state index contributed by atoms with van der Waals surface area (Å²) in [5.74, 6) is 0.679. The number of benzene rings is 1. The first-order valence-electron chi connectivity index (χ1n) is 8.05. The third-order valence-corrected chi connectivity index (χ3v) is 5.27. The average Bonchev–Trinajstić information content (AvgIpc) is 3.01. The minimum absolute atomic E-state index is 0.137. The predicted molar refractivity (Wildman–Crippen MR) is 104 cm³/mol. The lowest BCUT2D eigenvalue weighted by atomic mass is 10.2. The van der Waals surface area contributed by atoms with Crippen LogP contribution in [0.15, 0.2) is 34.2 Å². The summed E-state index contributed by atoms with van der Waals surface area (Å²) in [4.78, 5) is 35.2. The normalized spacial score (nSPS) is 10.8. The van der Waals surface area contributed by atoms with Crippen LogP contribution < -0.4 is 15.6 Å². The summed E-state index contributed by atoms with van der Waals surface area (Å²) in [5, 5.41) is 3.76. The number of ether oxygens (including phenoxy) is 1. The van der Waals surface area contributed by atoms with E-state index in [0.717, 1.165) is 34.5 Å². The number of carbonyl (C=O) groups excluding carboxylic acids is 1. The molecule has 0 saturated heterocycles. The Labute approximate surface area is 158 Å². The van der Waals surface area contributed by atoms with E-state index in [4.69, 9.17) is 4.74 Å². The summed E-state index contributed by atoms with van der Waals surface area (Å²) in [6.07, 6.45) is 1.64. The Kier molecular flexibility index (Phi) is 5.89. The number of rotatable bonds is 7. The second-order valence-corrected chi connectivity index (χ2v) is 7.48. The van der Waals surface area contributed by atoms with E-state index in [1.807, 2.05) is 25.1 Å². The van der Waals surface area contributed by atoms with Crippen molar-refractivity contribution in [1.29, 1.82) is 0 Å². The van der Waals surface area contributed by atoms with Crippen molar-refractivity contribution >= 4 is 44.4 Å². The average molecular weight is 390 g/mol. The number of anilines is 1. The number of hydrogen-bond acceptors (Lipinski definition) is 7. The van der Waals surface area contributed by atoms with Crippen molar-refractivity contribution < 1.29 is 9.53 Å². The minimum atomic E-state index is -0.204. The highest BCUT2D eigenvalue weighted by Gasteiger charge is 2.10. The molecule has 3 rings (SSSR count). The van der Waals surface area contributed by atoms with Gasteiger partial charge in [0, 0.05) is 11.8 Å². The quantitative estimate of drug-likeness (QED) is 0.475. The number of aryl methyl sites for hydroxylation is 1. The smallest absolute Gasteiger partial charge is 0.251 e. The molecule has 136 valence electrons. The fourth-order valence-corrected chi connectivity index (χ4v) is 3.92. The van der Waals surface area contributed by atoms with Crippen molar-refractivity contribution in [1.82, 2.24) is 15.0 Å². The summed E-state index contributed by atoms with van der Waals surface area (Å²) in [5.41, 5.74) is 1.34. The van der Waals surface area contributed by atoms with Crippen molar-refractivity contribution in [3.05, 3.63) is 40.3 Å². The van der Waals surface area contributed by atoms with Gasteiger partial charge in [0.15, 0.2) is 10.3 Å². The first-order valence-corrected chi connectivity index (χ1v) is 9.85. The van der Waals surface area contributed by atoms with E-state index in [1.54, 1.807) is 7.11 Å². The van der Waals surface area contributed by atoms with Gasteiger partial charge in [-0.25, -0.2) is 9.97 Å². The van der Waals surface area contributed by atoms with E-state index in [2.05, 4.69) is 20.3 Å². The van der Waals surface area contributed by atoms with E-state index >= 15 is 0 Å². The van der Waals surface area contributed by atoms with Crippen LogP contribution in [-0.2, 0) is 11.2 Å². The zero-order valence-corrected chi connectivity index (χ0v) is 16.0. The number of fused-ring (bicyclic) bond motifs is 1. The first-order chi connectivity index (χ1) is 12.6. The zero-order valence-electron chi connectivity index (χ0n) is 14.4. The molecule has 0 atom stereocenters. The van der Waals surface area contributed by atoms with Gasteiger partial charge in [-0.3, -0.25) is 9.59 Å². The number of carbonyl (C=O) groups is 1. The Morgan fingerprint density at radius 3 is 2.96 bits per heavy atom. The van der Waals surface area contributed by atoms with Crippen molar-refractivity contribution in [3.8, 4) is 5.75 Å². The third-order valence-electron chi connectivity index (χ3n) is 3.46. The number of nitrogens with one attached hydrogen (secondary N) is 2. The van der Waals surface area contributed by atoms with Gasteiger partial charge >= 0.3 is 0 Å². The number of aromatic nitrogens is 3. The highest BCUT2D eigenvalue weighted by molar-refractivity contribution is 7.99. The predicted octanol–water partition coefficient (Wildman–Crippen LogP) is 3.07. The van der Waals surface area contributed by atoms with E-state index in [9.17, 15) is 9.59 Å². The van der Waals surface area contributed by atoms with Crippen molar-refractivity contribution in [2.24, 2.45) is 0 Å². The molecule has 1 amide bonds. The summed E-state index contributed by atoms with van der Waals surface area (Å²) >= 11 is 2.58. The molecule has 7 nitrogen and oxygen atoms in total. The molecule has 0 saturated carbocycles. The van der Waals surface area contributed by atoms with E-state index < -0.39 is 0 Å². The standard InChI is InChI=1S/C17H18N4O3S2/c1-3-4-10-7-14(22)20-16(18-10)25-9-15(23)21-17-19-12-6-5-11(24-2)8-13(12)26-17/h5-8H,3-4,9H2,1-2H3,(H,18,20,22)(H,19,21,23). The molecule has 0 bridgehead atoms. The van der Waals surface area contributed by atoms with Crippen LogP contribution >= 0.6 is 23.1 Å². The largest absolute Gasteiger partial charge is 0.497 e. The third kappa shape index (κ3) is 4.61. The van der Waals surface area contributed by atoms with Crippen LogP contribution in [0.2, 0.25) is 0 Å². The molecule has 26 heavy (non-hydrogen) atoms. The zero-order chi connectivity index (χ0) is 18.5. The molecular weight excluding hydrogens is 372 g/mol. The Hall–Kier alpha value is -2.39. The van der Waals surface area contributed by atoms with Gasteiger partial charge < -0.3 is 15.0 Å². The summed E-state index contributed by atoms with van der Waals surface area (Å²) in [7, 11) is 1.61. The number of hydrogen-bond donors (Lipinski definition) is 2. The molecule has 0 unspecified atom stereocenters. The van der Waals surface area contributed by atoms with Gasteiger partial charge in [0.25, 0.3) is 5.56 Å². The van der Waals surface area contributed by atoms with Crippen LogP contribution in [0, 0.1) is 0 Å². The highest BCUT2D eigenvalue weighted by atomic mass is 32.2. The van der Waals surface area contributed by atoms with Crippen LogP contribution in [-0.4, -0.2) is 33.7 Å². The monoisotopic (exact) mass is 390 g/mol. The number of amides is 1. The van der Waals surface area contributed by atoms with Gasteiger partial charge in [-0.05, 0) is 24.6 Å². The SMILES string of the molecule is CCCc1cc(=O)[nH]c(SCC(=O)Nc2nc3ccc(OC)cc3s2)n1. The molecule has 0 fully saturated rings.